The Morgan fingerprint density at radius 3 is 2.47 bits per heavy atom. The molecule has 1 aliphatic rings. The number of carboxylic acids is 1. The number of rotatable bonds is 3. The quantitative estimate of drug-likeness (QED) is 0.847. The Bertz CT molecular complexity index is 502. The van der Waals surface area contributed by atoms with Gasteiger partial charge in [-0.3, -0.25) is 4.79 Å². The highest BCUT2D eigenvalue weighted by Crippen LogP contribution is 2.30. The molecule has 0 aromatic heterocycles. The molecule has 0 saturated carbocycles. The molecule has 19 heavy (non-hydrogen) atoms. The number of carbonyl (C=O) groups excluding carboxylic acids is 1. The van der Waals surface area contributed by atoms with Crippen molar-refractivity contribution in [1.82, 2.24) is 4.90 Å². The van der Waals surface area contributed by atoms with Gasteiger partial charge in [0.05, 0.1) is 5.56 Å². The minimum absolute atomic E-state index is 0.0510. The maximum Gasteiger partial charge on any atom is 0.335 e. The van der Waals surface area contributed by atoms with E-state index in [9.17, 15) is 14.7 Å². The number of amides is 1. The number of hydrogen-bond donors (Lipinski definition) is 1. The summed E-state index contributed by atoms with van der Waals surface area (Å²) >= 11 is 0. The van der Waals surface area contributed by atoms with Crippen LogP contribution in [-0.2, 0) is 4.79 Å². The van der Waals surface area contributed by atoms with Gasteiger partial charge in [0.25, 0.3) is 0 Å². The van der Waals surface area contributed by atoms with Crippen LogP contribution >= 0.6 is 0 Å². The second-order valence-electron chi connectivity index (χ2n) is 4.70. The van der Waals surface area contributed by atoms with Gasteiger partial charge in [-0.15, -0.1) is 0 Å². The lowest BCUT2D eigenvalue weighted by molar-refractivity contribution is -0.127. The summed E-state index contributed by atoms with van der Waals surface area (Å²) in [6.45, 7) is 4.79. The van der Waals surface area contributed by atoms with Gasteiger partial charge in [-0.1, -0.05) is 24.8 Å². The molecule has 1 amide bonds. The molecule has 1 aromatic carbocycles. The van der Waals surface area contributed by atoms with E-state index >= 15 is 0 Å². The Labute approximate surface area is 112 Å². The van der Waals surface area contributed by atoms with Crippen molar-refractivity contribution >= 4 is 11.9 Å². The van der Waals surface area contributed by atoms with E-state index in [-0.39, 0.29) is 11.8 Å². The highest BCUT2D eigenvalue weighted by Gasteiger charge is 2.25. The largest absolute Gasteiger partial charge is 0.478 e. The minimum atomic E-state index is -0.889. The first-order valence-corrected chi connectivity index (χ1v) is 6.37. The van der Waals surface area contributed by atoms with Gasteiger partial charge in [-0.25, -0.2) is 4.79 Å². The Morgan fingerprint density at radius 1 is 1.26 bits per heavy atom. The van der Waals surface area contributed by atoms with Crippen LogP contribution in [0.3, 0.4) is 0 Å². The Kier molecular flexibility index (Phi) is 4.00. The van der Waals surface area contributed by atoms with Crippen molar-refractivity contribution in [1.29, 1.82) is 0 Å². The highest BCUT2D eigenvalue weighted by atomic mass is 16.4. The summed E-state index contributed by atoms with van der Waals surface area (Å²) in [6.07, 6.45) is 2.92. The van der Waals surface area contributed by atoms with E-state index in [1.807, 2.05) is 12.1 Å². The van der Waals surface area contributed by atoms with Crippen LogP contribution in [-0.4, -0.2) is 35.0 Å². The van der Waals surface area contributed by atoms with Crippen molar-refractivity contribution in [2.45, 2.75) is 18.8 Å². The van der Waals surface area contributed by atoms with E-state index in [2.05, 4.69) is 6.58 Å². The Hall–Kier alpha value is -2.10. The number of benzene rings is 1. The molecule has 100 valence electrons. The molecular weight excluding hydrogens is 242 g/mol. The molecule has 0 radical (unpaired) electrons. The molecule has 1 heterocycles. The number of carboxylic acid groups (broad SMARTS) is 1. The van der Waals surface area contributed by atoms with Crippen LogP contribution in [0.15, 0.2) is 36.9 Å². The zero-order chi connectivity index (χ0) is 13.8. The number of aromatic carboxylic acids is 1. The van der Waals surface area contributed by atoms with Crippen LogP contribution in [0.4, 0.5) is 0 Å². The van der Waals surface area contributed by atoms with Crippen LogP contribution < -0.4 is 0 Å². The van der Waals surface area contributed by atoms with Gasteiger partial charge in [0.1, 0.15) is 0 Å². The third-order valence-corrected chi connectivity index (χ3v) is 3.61. The molecule has 0 aliphatic carbocycles. The SMILES string of the molecule is C=CC(=O)N1CCC(c2ccccc2C(=O)O)CC1. The molecule has 0 spiro atoms. The summed E-state index contributed by atoms with van der Waals surface area (Å²) in [6, 6.07) is 7.12. The first-order valence-electron chi connectivity index (χ1n) is 6.37. The Morgan fingerprint density at radius 2 is 1.89 bits per heavy atom. The monoisotopic (exact) mass is 259 g/mol. The molecule has 4 nitrogen and oxygen atoms in total. The summed E-state index contributed by atoms with van der Waals surface area (Å²) < 4.78 is 0. The molecule has 1 N–H and O–H groups in total. The summed E-state index contributed by atoms with van der Waals surface area (Å²) in [5.74, 6) is -0.730. The number of carbonyl (C=O) groups is 2. The van der Waals surface area contributed by atoms with Gasteiger partial charge in [-0.05, 0) is 36.5 Å². The van der Waals surface area contributed by atoms with Crippen LogP contribution in [0.1, 0.15) is 34.7 Å². The van der Waals surface area contributed by atoms with Crippen LogP contribution in [0.25, 0.3) is 0 Å². The molecule has 0 atom stereocenters. The predicted octanol–water partition coefficient (Wildman–Crippen LogP) is 2.28. The maximum absolute atomic E-state index is 11.5. The number of hydrogen-bond acceptors (Lipinski definition) is 2. The topological polar surface area (TPSA) is 57.6 Å². The maximum atomic E-state index is 11.5. The molecule has 1 aliphatic heterocycles. The normalized spacial score (nSPS) is 16.1. The Balaban J connectivity index is 2.12. The van der Waals surface area contributed by atoms with Crippen molar-refractivity contribution in [3.63, 3.8) is 0 Å². The first kappa shape index (κ1) is 13.3. The smallest absolute Gasteiger partial charge is 0.335 e. The highest BCUT2D eigenvalue weighted by molar-refractivity contribution is 5.89. The third kappa shape index (κ3) is 2.84. The molecular formula is C15H17NO3. The van der Waals surface area contributed by atoms with E-state index < -0.39 is 5.97 Å². The third-order valence-electron chi connectivity index (χ3n) is 3.61. The first-order chi connectivity index (χ1) is 9.13. The molecule has 4 heteroatoms. The van der Waals surface area contributed by atoms with Gasteiger partial charge in [0.15, 0.2) is 0 Å². The zero-order valence-electron chi connectivity index (χ0n) is 10.7. The van der Waals surface area contributed by atoms with Crippen molar-refractivity contribution < 1.29 is 14.7 Å². The van der Waals surface area contributed by atoms with E-state index in [0.29, 0.717) is 18.7 Å². The number of piperidine rings is 1. The molecule has 1 aromatic rings. The average Bonchev–Trinajstić information content (AvgIpc) is 2.46. The fourth-order valence-corrected chi connectivity index (χ4v) is 2.59. The van der Waals surface area contributed by atoms with Crippen molar-refractivity contribution in [3.8, 4) is 0 Å². The second kappa shape index (κ2) is 5.69. The lowest BCUT2D eigenvalue weighted by Gasteiger charge is -2.32. The van der Waals surface area contributed by atoms with Crippen molar-refractivity contribution in [2.75, 3.05) is 13.1 Å². The summed E-state index contributed by atoms with van der Waals surface area (Å²) in [5, 5.41) is 9.20. The van der Waals surface area contributed by atoms with Gasteiger partial charge < -0.3 is 10.0 Å². The second-order valence-corrected chi connectivity index (χ2v) is 4.70. The average molecular weight is 259 g/mol. The van der Waals surface area contributed by atoms with Gasteiger partial charge in [-0.2, -0.15) is 0 Å². The van der Waals surface area contributed by atoms with Crippen molar-refractivity contribution in [3.05, 3.63) is 48.0 Å². The molecule has 0 bridgehead atoms. The minimum Gasteiger partial charge on any atom is -0.478 e. The molecule has 0 unspecified atom stereocenters. The summed E-state index contributed by atoms with van der Waals surface area (Å²) in [4.78, 5) is 24.5. The van der Waals surface area contributed by atoms with Crippen LogP contribution in [0, 0.1) is 0 Å². The summed E-state index contributed by atoms with van der Waals surface area (Å²) in [7, 11) is 0. The number of likely N-dealkylation sites (tertiary alicyclic amines) is 1. The molecule has 2 rings (SSSR count). The van der Waals surface area contributed by atoms with Gasteiger partial charge in [0, 0.05) is 13.1 Å². The molecule has 1 fully saturated rings. The lowest BCUT2D eigenvalue weighted by Crippen LogP contribution is -2.37. The molecule has 1 saturated heterocycles. The van der Waals surface area contributed by atoms with Gasteiger partial charge in [0.2, 0.25) is 5.91 Å². The fourth-order valence-electron chi connectivity index (χ4n) is 2.59. The van der Waals surface area contributed by atoms with Gasteiger partial charge >= 0.3 is 5.97 Å². The predicted molar refractivity (Wildman–Crippen MR) is 72.2 cm³/mol. The van der Waals surface area contributed by atoms with Crippen LogP contribution in [0.2, 0.25) is 0 Å². The van der Waals surface area contributed by atoms with E-state index in [1.165, 1.54) is 6.08 Å². The fraction of sp³-hybridized carbons (Fsp3) is 0.333. The van der Waals surface area contributed by atoms with Crippen molar-refractivity contribution in [2.24, 2.45) is 0 Å². The van der Waals surface area contributed by atoms with E-state index in [1.54, 1.807) is 17.0 Å². The number of nitrogens with zero attached hydrogens (tertiary/aromatic N) is 1. The van der Waals surface area contributed by atoms with E-state index in [4.69, 9.17) is 0 Å². The van der Waals surface area contributed by atoms with Crippen LogP contribution in [0.5, 0.6) is 0 Å². The summed E-state index contributed by atoms with van der Waals surface area (Å²) in [5.41, 5.74) is 1.25. The standard InChI is InChI=1S/C15H17NO3/c1-2-14(17)16-9-7-11(8-10-16)12-5-3-4-6-13(12)15(18)19/h2-6,11H,1,7-10H2,(H,18,19). The van der Waals surface area contributed by atoms with E-state index in [0.717, 1.165) is 18.4 Å². The zero-order valence-corrected chi connectivity index (χ0v) is 10.7. The lowest BCUT2D eigenvalue weighted by atomic mass is 9.86.